The lowest BCUT2D eigenvalue weighted by Crippen LogP contribution is -2.41. The van der Waals surface area contributed by atoms with Crippen molar-refractivity contribution in [2.75, 3.05) is 18.0 Å². The summed E-state index contributed by atoms with van der Waals surface area (Å²) in [6, 6.07) is 1.73. The Morgan fingerprint density at radius 2 is 1.64 bits per heavy atom. The lowest BCUT2D eigenvalue weighted by Gasteiger charge is -2.32. The predicted molar refractivity (Wildman–Crippen MR) is 88.8 cm³/mol. The topological polar surface area (TPSA) is 47.5 Å². The zero-order valence-corrected chi connectivity index (χ0v) is 14.5. The van der Waals surface area contributed by atoms with Crippen LogP contribution in [0.25, 0.3) is 0 Å². The number of anilines is 1. The standard InChI is InChI=1S/C15H23BClN3O2/c1-14(2)15(3,4)22-16(21-14)11-10-12(17)19-13(18-11)20-8-6-5-7-9-20/h10H,5-9H2,1-4H3. The van der Waals surface area contributed by atoms with E-state index in [0.29, 0.717) is 16.7 Å². The van der Waals surface area contributed by atoms with Gasteiger partial charge in [-0.05, 0) is 53.0 Å². The van der Waals surface area contributed by atoms with E-state index in [9.17, 15) is 0 Å². The second kappa shape index (κ2) is 5.66. The van der Waals surface area contributed by atoms with E-state index in [2.05, 4.69) is 14.9 Å². The van der Waals surface area contributed by atoms with Crippen LogP contribution in [0, 0.1) is 0 Å². The van der Waals surface area contributed by atoms with Crippen molar-refractivity contribution in [1.29, 1.82) is 0 Å². The second-order valence-corrected chi connectivity index (χ2v) is 7.44. The van der Waals surface area contributed by atoms with Gasteiger partial charge in [0.25, 0.3) is 0 Å². The normalized spacial score (nSPS) is 23.9. The first-order valence-electron chi connectivity index (χ1n) is 7.94. The van der Waals surface area contributed by atoms with Crippen molar-refractivity contribution in [2.24, 2.45) is 0 Å². The Labute approximate surface area is 137 Å². The monoisotopic (exact) mass is 323 g/mol. The summed E-state index contributed by atoms with van der Waals surface area (Å²) in [5.41, 5.74) is -0.0833. The van der Waals surface area contributed by atoms with Crippen LogP contribution in [0.1, 0.15) is 47.0 Å². The Hall–Kier alpha value is -0.845. The number of halogens is 1. The van der Waals surface area contributed by atoms with E-state index in [0.717, 1.165) is 13.1 Å². The first-order valence-corrected chi connectivity index (χ1v) is 8.31. The summed E-state index contributed by atoms with van der Waals surface area (Å²) in [4.78, 5) is 11.2. The van der Waals surface area contributed by atoms with Crippen LogP contribution >= 0.6 is 11.6 Å². The Bertz CT molecular complexity index is 546. The highest BCUT2D eigenvalue weighted by molar-refractivity contribution is 6.61. The Morgan fingerprint density at radius 1 is 1.05 bits per heavy atom. The van der Waals surface area contributed by atoms with Gasteiger partial charge in [-0.3, -0.25) is 0 Å². The largest absolute Gasteiger partial charge is 0.514 e. The molecule has 3 heterocycles. The summed E-state index contributed by atoms with van der Waals surface area (Å²) in [6.07, 6.45) is 3.60. The summed E-state index contributed by atoms with van der Waals surface area (Å²) in [6.45, 7) is 10.1. The van der Waals surface area contributed by atoms with E-state index in [4.69, 9.17) is 20.9 Å². The molecule has 1 aromatic heterocycles. The van der Waals surface area contributed by atoms with Crippen LogP contribution in [0.2, 0.25) is 5.15 Å². The van der Waals surface area contributed by atoms with Crippen molar-refractivity contribution < 1.29 is 9.31 Å². The first-order chi connectivity index (χ1) is 10.3. The number of aromatic nitrogens is 2. The average molecular weight is 324 g/mol. The van der Waals surface area contributed by atoms with E-state index in [-0.39, 0.29) is 11.2 Å². The number of nitrogens with zero attached hydrogens (tertiary/aromatic N) is 3. The van der Waals surface area contributed by atoms with Gasteiger partial charge in [0.15, 0.2) is 0 Å². The average Bonchev–Trinajstić information content (AvgIpc) is 2.68. The van der Waals surface area contributed by atoms with Crippen LogP contribution < -0.4 is 10.5 Å². The SMILES string of the molecule is CC1(C)OB(c2cc(Cl)nc(N3CCCCC3)n2)OC1(C)C. The molecule has 0 bridgehead atoms. The van der Waals surface area contributed by atoms with Crippen molar-refractivity contribution in [3.05, 3.63) is 11.2 Å². The minimum Gasteiger partial charge on any atom is -0.398 e. The highest BCUT2D eigenvalue weighted by Crippen LogP contribution is 2.36. The molecule has 0 N–H and O–H groups in total. The molecule has 2 saturated heterocycles. The maximum absolute atomic E-state index is 6.20. The maximum Gasteiger partial charge on any atom is 0.514 e. The van der Waals surface area contributed by atoms with Crippen LogP contribution in [0.4, 0.5) is 5.95 Å². The van der Waals surface area contributed by atoms with Gasteiger partial charge >= 0.3 is 7.12 Å². The van der Waals surface area contributed by atoms with E-state index >= 15 is 0 Å². The molecule has 7 heteroatoms. The Morgan fingerprint density at radius 3 is 2.23 bits per heavy atom. The molecule has 22 heavy (non-hydrogen) atoms. The van der Waals surface area contributed by atoms with Gasteiger partial charge in [0.05, 0.1) is 16.8 Å². The van der Waals surface area contributed by atoms with Crippen LogP contribution in [-0.2, 0) is 9.31 Å². The molecule has 3 rings (SSSR count). The molecule has 0 unspecified atom stereocenters. The van der Waals surface area contributed by atoms with Crippen LogP contribution in [0.5, 0.6) is 0 Å². The minimum absolute atomic E-state index is 0.389. The van der Waals surface area contributed by atoms with Gasteiger partial charge in [0.1, 0.15) is 5.15 Å². The minimum atomic E-state index is -0.506. The second-order valence-electron chi connectivity index (χ2n) is 7.05. The zero-order valence-electron chi connectivity index (χ0n) is 13.7. The van der Waals surface area contributed by atoms with Crippen molar-refractivity contribution in [3.8, 4) is 0 Å². The van der Waals surface area contributed by atoms with Gasteiger partial charge in [-0.15, -0.1) is 0 Å². The molecular weight excluding hydrogens is 300 g/mol. The lowest BCUT2D eigenvalue weighted by molar-refractivity contribution is 0.00578. The van der Waals surface area contributed by atoms with Gasteiger partial charge in [-0.2, -0.15) is 0 Å². The summed E-state index contributed by atoms with van der Waals surface area (Å²) >= 11 is 6.20. The molecule has 1 aromatic rings. The molecule has 0 aliphatic carbocycles. The number of hydrogen-bond acceptors (Lipinski definition) is 5. The molecule has 0 radical (unpaired) electrons. The highest BCUT2D eigenvalue weighted by atomic mass is 35.5. The van der Waals surface area contributed by atoms with Crippen LogP contribution in [0.3, 0.4) is 0 Å². The van der Waals surface area contributed by atoms with E-state index in [1.807, 2.05) is 27.7 Å². The number of hydrogen-bond donors (Lipinski definition) is 0. The predicted octanol–water partition coefficient (Wildman–Crippen LogP) is 2.42. The van der Waals surface area contributed by atoms with E-state index < -0.39 is 7.12 Å². The Balaban J connectivity index is 1.87. The van der Waals surface area contributed by atoms with Crippen LogP contribution in [-0.4, -0.2) is 41.4 Å². The van der Waals surface area contributed by atoms with Crippen molar-refractivity contribution in [1.82, 2.24) is 9.97 Å². The van der Waals surface area contributed by atoms with Gasteiger partial charge in [0, 0.05) is 13.1 Å². The van der Waals surface area contributed by atoms with Crippen LogP contribution in [0.15, 0.2) is 6.07 Å². The number of piperidine rings is 1. The van der Waals surface area contributed by atoms with Crippen molar-refractivity contribution in [3.63, 3.8) is 0 Å². The molecule has 2 fully saturated rings. The van der Waals surface area contributed by atoms with Gasteiger partial charge in [0.2, 0.25) is 5.95 Å². The van der Waals surface area contributed by atoms with Gasteiger partial charge in [-0.25, -0.2) is 9.97 Å². The summed E-state index contributed by atoms with van der Waals surface area (Å²) < 4.78 is 12.1. The van der Waals surface area contributed by atoms with Crippen molar-refractivity contribution >= 4 is 30.3 Å². The molecule has 2 aliphatic heterocycles. The smallest absolute Gasteiger partial charge is 0.398 e. The molecule has 0 amide bonds. The molecule has 2 aliphatic rings. The third-order valence-electron chi connectivity index (χ3n) is 4.84. The van der Waals surface area contributed by atoms with E-state index in [1.54, 1.807) is 6.07 Å². The molecule has 0 saturated carbocycles. The highest BCUT2D eigenvalue weighted by Gasteiger charge is 2.52. The fourth-order valence-electron chi connectivity index (χ4n) is 2.74. The fraction of sp³-hybridized carbons (Fsp3) is 0.733. The molecule has 0 spiro atoms. The molecule has 5 nitrogen and oxygen atoms in total. The zero-order chi connectivity index (χ0) is 16.0. The third kappa shape index (κ3) is 2.96. The van der Waals surface area contributed by atoms with Gasteiger partial charge < -0.3 is 14.2 Å². The quantitative estimate of drug-likeness (QED) is 0.618. The molecule has 120 valence electrons. The third-order valence-corrected chi connectivity index (χ3v) is 5.03. The van der Waals surface area contributed by atoms with Crippen molar-refractivity contribution in [2.45, 2.75) is 58.2 Å². The molecular formula is C15H23BClN3O2. The summed E-state index contributed by atoms with van der Waals surface area (Å²) in [5.74, 6) is 0.678. The lowest BCUT2D eigenvalue weighted by atomic mass is 9.84. The van der Waals surface area contributed by atoms with Gasteiger partial charge in [-0.1, -0.05) is 11.6 Å². The fourth-order valence-corrected chi connectivity index (χ4v) is 2.93. The summed E-state index contributed by atoms with van der Waals surface area (Å²) in [5, 5.41) is 0.431. The summed E-state index contributed by atoms with van der Waals surface area (Å²) in [7, 11) is -0.506. The maximum atomic E-state index is 6.20. The number of rotatable bonds is 2. The van der Waals surface area contributed by atoms with E-state index in [1.165, 1.54) is 19.3 Å². The molecule has 0 atom stereocenters. The first kappa shape index (κ1) is 16.0. The molecule has 0 aromatic carbocycles. The Kier molecular flexibility index (Phi) is 4.12.